The van der Waals surface area contributed by atoms with E-state index < -0.39 is 0 Å². The third kappa shape index (κ3) is 2.95. The highest BCUT2D eigenvalue weighted by molar-refractivity contribution is 7.80. The van der Waals surface area contributed by atoms with Crippen LogP contribution < -0.4 is 20.1 Å². The smallest absolute Gasteiger partial charge is 0.231 e. The number of thiocarbonyl (C=S) groups is 1. The average molecular weight is 307 g/mol. The molecule has 0 fully saturated rings. The normalized spacial score (nSPS) is 12.1. The van der Waals surface area contributed by atoms with E-state index in [0.717, 1.165) is 17.1 Å². The number of halogens is 1. The second kappa shape index (κ2) is 5.56. The van der Waals surface area contributed by atoms with Crippen LogP contribution in [0.15, 0.2) is 42.5 Å². The predicted octanol–water partition coefficient (Wildman–Crippen LogP) is 3.88. The van der Waals surface area contributed by atoms with Crippen LogP contribution >= 0.6 is 23.8 Å². The third-order valence-corrected chi connectivity index (χ3v) is 3.19. The van der Waals surface area contributed by atoms with Gasteiger partial charge >= 0.3 is 0 Å². The maximum absolute atomic E-state index is 5.83. The summed E-state index contributed by atoms with van der Waals surface area (Å²) in [5, 5.41) is 7.34. The molecule has 6 heteroatoms. The van der Waals surface area contributed by atoms with Crippen molar-refractivity contribution in [2.45, 2.75) is 0 Å². The van der Waals surface area contributed by atoms with Crippen molar-refractivity contribution in [2.24, 2.45) is 0 Å². The molecule has 20 heavy (non-hydrogen) atoms. The summed E-state index contributed by atoms with van der Waals surface area (Å²) in [7, 11) is 0. The van der Waals surface area contributed by atoms with Crippen molar-refractivity contribution in [3.8, 4) is 11.5 Å². The Kier molecular flexibility index (Phi) is 3.62. The van der Waals surface area contributed by atoms with Crippen molar-refractivity contribution in [1.82, 2.24) is 0 Å². The Morgan fingerprint density at radius 2 is 1.60 bits per heavy atom. The molecular formula is C14H11ClN2O2S. The molecule has 0 saturated carbocycles. The van der Waals surface area contributed by atoms with Gasteiger partial charge in [-0.05, 0) is 48.6 Å². The van der Waals surface area contributed by atoms with E-state index in [2.05, 4.69) is 10.6 Å². The van der Waals surface area contributed by atoms with Crippen LogP contribution in [0.25, 0.3) is 0 Å². The molecule has 1 heterocycles. The molecule has 0 bridgehead atoms. The van der Waals surface area contributed by atoms with Gasteiger partial charge in [0.05, 0.1) is 0 Å². The molecular weight excluding hydrogens is 296 g/mol. The minimum Gasteiger partial charge on any atom is -0.454 e. The highest BCUT2D eigenvalue weighted by atomic mass is 35.5. The number of rotatable bonds is 2. The number of fused-ring (bicyclic) bond motifs is 1. The van der Waals surface area contributed by atoms with Gasteiger partial charge in [-0.25, -0.2) is 0 Å². The van der Waals surface area contributed by atoms with E-state index in [4.69, 9.17) is 33.3 Å². The van der Waals surface area contributed by atoms with Crippen molar-refractivity contribution in [3.63, 3.8) is 0 Å². The summed E-state index contributed by atoms with van der Waals surface area (Å²) in [6.45, 7) is 0.256. The first-order valence-corrected chi connectivity index (χ1v) is 6.72. The SMILES string of the molecule is S=C(Nc1ccc(Cl)cc1)Nc1ccc2c(c1)OCO2. The first kappa shape index (κ1) is 13.0. The number of ether oxygens (including phenoxy) is 2. The number of nitrogens with one attached hydrogen (secondary N) is 2. The average Bonchev–Trinajstić information content (AvgIpc) is 2.89. The third-order valence-electron chi connectivity index (χ3n) is 2.73. The summed E-state index contributed by atoms with van der Waals surface area (Å²) in [5.74, 6) is 1.46. The van der Waals surface area contributed by atoms with Gasteiger partial charge in [0.15, 0.2) is 16.6 Å². The fourth-order valence-electron chi connectivity index (χ4n) is 1.80. The summed E-state index contributed by atoms with van der Waals surface area (Å²) in [6, 6.07) is 12.9. The lowest BCUT2D eigenvalue weighted by Gasteiger charge is -2.11. The van der Waals surface area contributed by atoms with Crippen LogP contribution in [0.5, 0.6) is 11.5 Å². The first-order chi connectivity index (χ1) is 9.70. The lowest BCUT2D eigenvalue weighted by Crippen LogP contribution is -2.18. The Morgan fingerprint density at radius 1 is 0.950 bits per heavy atom. The second-order valence-electron chi connectivity index (χ2n) is 4.15. The van der Waals surface area contributed by atoms with Gasteiger partial charge < -0.3 is 20.1 Å². The molecule has 1 aliphatic rings. The van der Waals surface area contributed by atoms with Crippen LogP contribution in [0.2, 0.25) is 5.02 Å². The highest BCUT2D eigenvalue weighted by Crippen LogP contribution is 2.34. The molecule has 0 atom stereocenters. The van der Waals surface area contributed by atoms with Gasteiger partial charge in [-0.1, -0.05) is 11.6 Å². The van der Waals surface area contributed by atoms with E-state index in [9.17, 15) is 0 Å². The number of hydrogen-bond donors (Lipinski definition) is 2. The molecule has 3 rings (SSSR count). The van der Waals surface area contributed by atoms with E-state index in [1.165, 1.54) is 0 Å². The summed E-state index contributed by atoms with van der Waals surface area (Å²) < 4.78 is 10.6. The molecule has 0 amide bonds. The van der Waals surface area contributed by atoms with E-state index in [-0.39, 0.29) is 6.79 Å². The molecule has 0 saturated heterocycles. The van der Waals surface area contributed by atoms with Crippen molar-refractivity contribution < 1.29 is 9.47 Å². The standard InChI is InChI=1S/C14H11ClN2O2S/c15-9-1-3-10(4-2-9)16-14(20)17-11-5-6-12-13(7-11)19-8-18-12/h1-7H,8H2,(H2,16,17,20). The highest BCUT2D eigenvalue weighted by Gasteiger charge is 2.13. The predicted molar refractivity (Wildman–Crippen MR) is 83.9 cm³/mol. The monoisotopic (exact) mass is 306 g/mol. The molecule has 1 aliphatic heterocycles. The summed E-state index contributed by atoms with van der Waals surface area (Å²) in [5.41, 5.74) is 1.70. The van der Waals surface area contributed by atoms with E-state index in [1.54, 1.807) is 12.1 Å². The lowest BCUT2D eigenvalue weighted by molar-refractivity contribution is 0.174. The molecule has 0 radical (unpaired) electrons. The fourth-order valence-corrected chi connectivity index (χ4v) is 2.16. The van der Waals surface area contributed by atoms with Gasteiger partial charge in [0.25, 0.3) is 0 Å². The van der Waals surface area contributed by atoms with Crippen LogP contribution in [0.3, 0.4) is 0 Å². The second-order valence-corrected chi connectivity index (χ2v) is 5.00. The van der Waals surface area contributed by atoms with Crippen molar-refractivity contribution in [2.75, 3.05) is 17.4 Å². The van der Waals surface area contributed by atoms with Crippen LogP contribution in [-0.2, 0) is 0 Å². The molecule has 2 aromatic rings. The van der Waals surface area contributed by atoms with Gasteiger partial charge in [0, 0.05) is 22.5 Å². The minimum atomic E-state index is 0.256. The lowest BCUT2D eigenvalue weighted by atomic mass is 10.3. The number of hydrogen-bond acceptors (Lipinski definition) is 3. The zero-order chi connectivity index (χ0) is 13.9. The van der Waals surface area contributed by atoms with Gasteiger partial charge in [0.1, 0.15) is 0 Å². The van der Waals surface area contributed by atoms with Gasteiger partial charge in [-0.15, -0.1) is 0 Å². The molecule has 2 aromatic carbocycles. The quantitative estimate of drug-likeness (QED) is 0.824. The minimum absolute atomic E-state index is 0.256. The Bertz CT molecular complexity index is 646. The maximum Gasteiger partial charge on any atom is 0.231 e. The summed E-state index contributed by atoms with van der Waals surface area (Å²) in [6.07, 6.45) is 0. The summed E-state index contributed by atoms with van der Waals surface area (Å²) in [4.78, 5) is 0. The zero-order valence-corrected chi connectivity index (χ0v) is 11.9. The van der Waals surface area contributed by atoms with Crippen LogP contribution in [0.1, 0.15) is 0 Å². The topological polar surface area (TPSA) is 42.5 Å². The largest absolute Gasteiger partial charge is 0.454 e. The van der Waals surface area contributed by atoms with E-state index in [0.29, 0.717) is 15.9 Å². The molecule has 0 aliphatic carbocycles. The van der Waals surface area contributed by atoms with Crippen molar-refractivity contribution >= 4 is 40.3 Å². The van der Waals surface area contributed by atoms with Gasteiger partial charge in [0.2, 0.25) is 6.79 Å². The zero-order valence-electron chi connectivity index (χ0n) is 10.4. The van der Waals surface area contributed by atoms with Crippen LogP contribution in [0, 0.1) is 0 Å². The molecule has 4 nitrogen and oxygen atoms in total. The van der Waals surface area contributed by atoms with Crippen LogP contribution in [-0.4, -0.2) is 11.9 Å². The molecule has 0 aromatic heterocycles. The molecule has 0 unspecified atom stereocenters. The first-order valence-electron chi connectivity index (χ1n) is 5.94. The van der Waals surface area contributed by atoms with Crippen LogP contribution in [0.4, 0.5) is 11.4 Å². The maximum atomic E-state index is 5.83. The van der Waals surface area contributed by atoms with E-state index >= 15 is 0 Å². The summed E-state index contributed by atoms with van der Waals surface area (Å²) >= 11 is 11.1. The fraction of sp³-hybridized carbons (Fsp3) is 0.0714. The Labute approximate surface area is 126 Å². The molecule has 102 valence electrons. The Morgan fingerprint density at radius 3 is 2.40 bits per heavy atom. The van der Waals surface area contributed by atoms with Crippen molar-refractivity contribution in [1.29, 1.82) is 0 Å². The Balaban J connectivity index is 1.65. The number of benzene rings is 2. The van der Waals surface area contributed by atoms with Gasteiger partial charge in [-0.2, -0.15) is 0 Å². The Hall–Kier alpha value is -1.98. The molecule has 2 N–H and O–H groups in total. The van der Waals surface area contributed by atoms with Gasteiger partial charge in [-0.3, -0.25) is 0 Å². The molecule has 0 spiro atoms. The van der Waals surface area contributed by atoms with E-state index in [1.807, 2.05) is 30.3 Å². The van der Waals surface area contributed by atoms with Crippen molar-refractivity contribution in [3.05, 3.63) is 47.5 Å². The number of anilines is 2.